The molecular weight excluding hydrogens is 291 g/mol. The highest BCUT2D eigenvalue weighted by atomic mass is 19.4. The first kappa shape index (κ1) is 15.5. The van der Waals surface area contributed by atoms with Crippen molar-refractivity contribution < 1.29 is 27.9 Å². The molecule has 9 heteroatoms. The minimum absolute atomic E-state index is 0.0657. The number of anilines is 1. The maximum absolute atomic E-state index is 12.9. The van der Waals surface area contributed by atoms with E-state index in [0.29, 0.717) is 0 Å². The summed E-state index contributed by atoms with van der Waals surface area (Å²) in [5.74, 6) is -0.281. The van der Waals surface area contributed by atoms with Gasteiger partial charge in [0, 0.05) is 6.20 Å². The number of aliphatic hydroxyl groups excluding tert-OH is 1. The molecule has 21 heavy (non-hydrogen) atoms. The van der Waals surface area contributed by atoms with E-state index >= 15 is 0 Å². The van der Waals surface area contributed by atoms with Gasteiger partial charge in [-0.15, -0.1) is 0 Å². The van der Waals surface area contributed by atoms with Crippen molar-refractivity contribution in [3.05, 3.63) is 23.4 Å². The second-order valence-electron chi connectivity index (χ2n) is 4.67. The van der Waals surface area contributed by atoms with E-state index in [2.05, 4.69) is 4.98 Å². The number of carbonyl (C=O) groups is 1. The van der Waals surface area contributed by atoms with E-state index in [1.54, 1.807) is 0 Å². The third kappa shape index (κ3) is 2.54. The van der Waals surface area contributed by atoms with Crippen LogP contribution in [0.3, 0.4) is 0 Å². The van der Waals surface area contributed by atoms with Crippen LogP contribution in [0.25, 0.3) is 0 Å². The number of halogens is 3. The molecule has 1 N–H and O–H groups in total. The summed E-state index contributed by atoms with van der Waals surface area (Å²) in [5, 5.41) is 10.9. The van der Waals surface area contributed by atoms with Gasteiger partial charge < -0.3 is 5.11 Å². The quantitative estimate of drug-likeness (QED) is 0.906. The number of hydrogen-bond acceptors (Lipinski definition) is 4. The molecule has 2 heterocycles. The Morgan fingerprint density at radius 1 is 1.43 bits per heavy atom. The lowest BCUT2D eigenvalue weighted by Gasteiger charge is -2.20. The van der Waals surface area contributed by atoms with Gasteiger partial charge in [0.2, 0.25) is 0 Å². The van der Waals surface area contributed by atoms with Crippen molar-refractivity contribution in [3.8, 4) is 0 Å². The summed E-state index contributed by atoms with van der Waals surface area (Å²) < 4.78 is 38.7. The van der Waals surface area contributed by atoms with Gasteiger partial charge in [-0.3, -0.25) is 4.84 Å². The lowest BCUT2D eigenvalue weighted by atomic mass is 10.1. The van der Waals surface area contributed by atoms with Crippen LogP contribution in [0.4, 0.5) is 23.8 Å². The first-order valence-electron chi connectivity index (χ1n) is 6.07. The minimum Gasteiger partial charge on any atom is -0.371 e. The van der Waals surface area contributed by atoms with E-state index < -0.39 is 30.0 Å². The standard InChI is InChI=1S/C12H14F3N3O3/c1-6-5-16-9(4-8(6)12(13,14)15)17-10(19)7(2)18(21-3)11(17)20/h4-5,7,10,19H,1-3H3/t7-,10?/m0/s1. The fraction of sp³-hybridized carbons (Fsp3) is 0.500. The highest BCUT2D eigenvalue weighted by Crippen LogP contribution is 2.35. The number of nitrogens with zero attached hydrogens (tertiary/aromatic N) is 3. The summed E-state index contributed by atoms with van der Waals surface area (Å²) in [6, 6.07) is -0.774. The summed E-state index contributed by atoms with van der Waals surface area (Å²) in [4.78, 5) is 21.4. The molecule has 116 valence electrons. The first-order chi connectivity index (χ1) is 9.68. The molecule has 0 bridgehead atoms. The smallest absolute Gasteiger partial charge is 0.371 e. The zero-order valence-electron chi connectivity index (χ0n) is 11.5. The van der Waals surface area contributed by atoms with Crippen LogP contribution in [0.5, 0.6) is 0 Å². The average Bonchev–Trinajstić information content (AvgIpc) is 2.60. The molecule has 1 aromatic rings. The Morgan fingerprint density at radius 3 is 2.52 bits per heavy atom. The largest absolute Gasteiger partial charge is 0.416 e. The Kier molecular flexibility index (Phi) is 3.81. The van der Waals surface area contributed by atoms with E-state index in [4.69, 9.17) is 4.84 Å². The van der Waals surface area contributed by atoms with Crippen molar-refractivity contribution >= 4 is 11.8 Å². The van der Waals surface area contributed by atoms with Crippen LogP contribution in [0, 0.1) is 6.92 Å². The van der Waals surface area contributed by atoms with Crippen LogP contribution in [0.1, 0.15) is 18.1 Å². The second kappa shape index (κ2) is 5.15. The van der Waals surface area contributed by atoms with Crippen molar-refractivity contribution in [1.29, 1.82) is 0 Å². The summed E-state index contributed by atoms with van der Waals surface area (Å²) in [7, 11) is 1.23. The molecule has 0 aliphatic carbocycles. The molecule has 1 fully saturated rings. The van der Waals surface area contributed by atoms with Gasteiger partial charge >= 0.3 is 12.2 Å². The molecule has 0 radical (unpaired) electrons. The molecule has 6 nitrogen and oxygen atoms in total. The third-order valence-corrected chi connectivity index (χ3v) is 3.30. The van der Waals surface area contributed by atoms with Crippen LogP contribution in [0.2, 0.25) is 0 Å². The number of pyridine rings is 1. The number of urea groups is 1. The third-order valence-electron chi connectivity index (χ3n) is 3.30. The molecule has 1 aliphatic rings. The van der Waals surface area contributed by atoms with E-state index in [1.807, 2.05) is 0 Å². The summed E-state index contributed by atoms with van der Waals surface area (Å²) in [6.07, 6.45) is -4.91. The molecule has 2 atom stereocenters. The maximum atomic E-state index is 12.9. The zero-order valence-corrected chi connectivity index (χ0v) is 11.5. The van der Waals surface area contributed by atoms with Crippen molar-refractivity contribution in [1.82, 2.24) is 10.0 Å². The Bertz CT molecular complexity index is 564. The Hall–Kier alpha value is -1.87. The normalized spacial score (nSPS) is 23.1. The second-order valence-corrected chi connectivity index (χ2v) is 4.67. The number of amides is 2. The van der Waals surface area contributed by atoms with Gasteiger partial charge in [-0.1, -0.05) is 0 Å². The van der Waals surface area contributed by atoms with Crippen LogP contribution in [-0.2, 0) is 11.0 Å². The van der Waals surface area contributed by atoms with Crippen LogP contribution < -0.4 is 4.90 Å². The predicted octanol–water partition coefficient (Wildman–Crippen LogP) is 1.92. The van der Waals surface area contributed by atoms with Crippen LogP contribution in [0.15, 0.2) is 12.3 Å². The number of aliphatic hydroxyl groups is 1. The van der Waals surface area contributed by atoms with Crippen LogP contribution >= 0.6 is 0 Å². The molecule has 1 aromatic heterocycles. The summed E-state index contributed by atoms with van der Waals surface area (Å²) in [5.41, 5.74) is -0.972. The summed E-state index contributed by atoms with van der Waals surface area (Å²) >= 11 is 0. The van der Waals surface area contributed by atoms with Gasteiger partial charge in [-0.2, -0.15) is 18.2 Å². The number of aryl methyl sites for hydroxylation is 1. The van der Waals surface area contributed by atoms with Crippen molar-refractivity contribution in [2.75, 3.05) is 12.0 Å². The molecule has 0 spiro atoms. The fourth-order valence-corrected chi connectivity index (χ4v) is 2.16. The maximum Gasteiger partial charge on any atom is 0.416 e. The SMILES string of the molecule is CON1C(=O)N(c2cc(C(F)(F)F)c(C)cn2)C(O)[C@@H]1C. The van der Waals surface area contributed by atoms with Gasteiger partial charge in [-0.05, 0) is 25.5 Å². The lowest BCUT2D eigenvalue weighted by molar-refractivity contribution is -0.138. The summed E-state index contributed by atoms with van der Waals surface area (Å²) in [6.45, 7) is 2.77. The number of hydrogen-bond donors (Lipinski definition) is 1. The molecular formula is C12H14F3N3O3. The average molecular weight is 305 g/mol. The molecule has 1 unspecified atom stereocenters. The zero-order chi connectivity index (χ0) is 15.9. The highest BCUT2D eigenvalue weighted by Gasteiger charge is 2.45. The van der Waals surface area contributed by atoms with Gasteiger partial charge in [0.15, 0.2) is 6.23 Å². The van der Waals surface area contributed by atoms with E-state index in [1.165, 1.54) is 21.0 Å². The van der Waals surface area contributed by atoms with Crippen LogP contribution in [-0.4, -0.2) is 40.6 Å². The van der Waals surface area contributed by atoms with Crippen molar-refractivity contribution in [2.24, 2.45) is 0 Å². The topological polar surface area (TPSA) is 65.9 Å². The van der Waals surface area contributed by atoms with E-state index in [9.17, 15) is 23.1 Å². The molecule has 2 amide bonds. The lowest BCUT2D eigenvalue weighted by Crippen LogP contribution is -2.36. The number of rotatable bonds is 2. The fourth-order valence-electron chi connectivity index (χ4n) is 2.16. The van der Waals surface area contributed by atoms with Gasteiger partial charge in [0.1, 0.15) is 11.9 Å². The predicted molar refractivity (Wildman–Crippen MR) is 66.2 cm³/mol. The Labute approximate surface area is 118 Å². The van der Waals surface area contributed by atoms with E-state index in [-0.39, 0.29) is 11.4 Å². The minimum atomic E-state index is -4.57. The number of alkyl halides is 3. The Balaban J connectivity index is 2.46. The van der Waals surface area contributed by atoms with Gasteiger partial charge in [0.05, 0.1) is 12.7 Å². The number of carbonyl (C=O) groups excluding carboxylic acids is 1. The van der Waals surface area contributed by atoms with Crippen molar-refractivity contribution in [3.63, 3.8) is 0 Å². The van der Waals surface area contributed by atoms with Gasteiger partial charge in [0.25, 0.3) is 0 Å². The van der Waals surface area contributed by atoms with Crippen molar-refractivity contribution in [2.45, 2.75) is 32.3 Å². The highest BCUT2D eigenvalue weighted by molar-refractivity contribution is 5.93. The number of aromatic nitrogens is 1. The first-order valence-corrected chi connectivity index (χ1v) is 6.07. The molecule has 0 saturated carbocycles. The van der Waals surface area contributed by atoms with E-state index in [0.717, 1.165) is 22.2 Å². The molecule has 2 rings (SSSR count). The number of hydroxylamine groups is 2. The molecule has 1 saturated heterocycles. The monoisotopic (exact) mass is 305 g/mol. The van der Waals surface area contributed by atoms with Gasteiger partial charge in [-0.25, -0.2) is 14.7 Å². The molecule has 1 aliphatic heterocycles. The molecule has 0 aromatic carbocycles. The Morgan fingerprint density at radius 2 is 2.05 bits per heavy atom.